The third-order valence-corrected chi connectivity index (χ3v) is 11.2. The third-order valence-electron chi connectivity index (χ3n) is 6.90. The predicted octanol–water partition coefficient (Wildman–Crippen LogP) is 3.87. The van der Waals surface area contributed by atoms with Crippen LogP contribution in [0, 0.1) is 23.7 Å². The molecule has 1 saturated heterocycles. The van der Waals surface area contributed by atoms with Gasteiger partial charge in [0.05, 0.1) is 16.7 Å². The molecule has 4 nitrogen and oxygen atoms in total. The highest BCUT2D eigenvalue weighted by atomic mass is 32.2. The Hall–Kier alpha value is -0.880. The Kier molecular flexibility index (Phi) is 2.89. The quantitative estimate of drug-likeness (QED) is 0.816. The summed E-state index contributed by atoms with van der Waals surface area (Å²) < 4.78 is 5.03. The molecule has 126 valence electrons. The lowest BCUT2D eigenvalue weighted by Gasteiger charge is -2.59. The van der Waals surface area contributed by atoms with E-state index in [-0.39, 0.29) is 4.99 Å². The minimum atomic E-state index is -0.104. The Bertz CT molecular complexity index is 677. The van der Waals surface area contributed by atoms with Crippen molar-refractivity contribution in [2.75, 3.05) is 5.75 Å². The molecule has 4 bridgehead atoms. The van der Waals surface area contributed by atoms with Crippen LogP contribution in [0.3, 0.4) is 0 Å². The van der Waals surface area contributed by atoms with Crippen LogP contribution in [0.2, 0.25) is 0 Å². The number of hydrogen-bond acceptors (Lipinski definition) is 4. The van der Waals surface area contributed by atoms with Crippen LogP contribution in [-0.4, -0.2) is 28.9 Å². The van der Waals surface area contributed by atoms with E-state index in [0.717, 1.165) is 29.4 Å². The highest BCUT2D eigenvalue weighted by Gasteiger charge is 2.64. The second-order valence-electron chi connectivity index (χ2n) is 8.10. The molecule has 4 saturated carbocycles. The number of hydrogen-bond donors (Lipinski definition) is 0. The molecule has 6 heteroatoms. The lowest BCUT2D eigenvalue weighted by Crippen LogP contribution is -2.53. The van der Waals surface area contributed by atoms with Gasteiger partial charge in [0.15, 0.2) is 4.99 Å². The molecule has 5 fully saturated rings. The van der Waals surface area contributed by atoms with Crippen LogP contribution in [0.4, 0.5) is 0 Å². The molecule has 1 aliphatic heterocycles. The van der Waals surface area contributed by atoms with Gasteiger partial charge < -0.3 is 9.13 Å². The summed E-state index contributed by atoms with van der Waals surface area (Å²) in [5, 5.41) is 0. The van der Waals surface area contributed by atoms with Gasteiger partial charge in [0.2, 0.25) is 0 Å². The first-order valence-corrected chi connectivity index (χ1v) is 10.9. The maximum Gasteiger partial charge on any atom is 0.181 e. The van der Waals surface area contributed by atoms with Gasteiger partial charge in [-0.2, -0.15) is 0 Å². The third kappa shape index (κ3) is 1.74. The summed E-state index contributed by atoms with van der Waals surface area (Å²) >= 11 is 4.47. The van der Waals surface area contributed by atoms with Crippen molar-refractivity contribution in [3.63, 3.8) is 0 Å². The summed E-state index contributed by atoms with van der Waals surface area (Å²) in [5.41, 5.74) is 0. The van der Waals surface area contributed by atoms with Crippen LogP contribution < -0.4 is 0 Å². The SMILES string of the molecule is c1cn(C2(n3ccnc3)CSC3(S2)C2CC4CC(C2)CC3C4)cn1. The van der Waals surface area contributed by atoms with Crippen molar-refractivity contribution >= 4 is 23.5 Å². The van der Waals surface area contributed by atoms with E-state index in [2.05, 4.69) is 55.0 Å². The van der Waals surface area contributed by atoms with Gasteiger partial charge in [-0.15, -0.1) is 11.8 Å². The molecule has 0 amide bonds. The molecular formula is C18H22N4S2. The first kappa shape index (κ1) is 14.3. The van der Waals surface area contributed by atoms with Crippen LogP contribution >= 0.6 is 23.5 Å². The smallest absolute Gasteiger partial charge is 0.181 e. The molecule has 2 aromatic heterocycles. The number of nitrogens with zero attached hydrogens (tertiary/aromatic N) is 4. The zero-order valence-corrected chi connectivity index (χ0v) is 15.3. The highest BCUT2D eigenvalue weighted by molar-refractivity contribution is 8.21. The van der Waals surface area contributed by atoms with Gasteiger partial charge in [-0.1, -0.05) is 11.8 Å². The van der Waals surface area contributed by atoms with Gasteiger partial charge in [-0.3, -0.25) is 0 Å². The van der Waals surface area contributed by atoms with Crippen molar-refractivity contribution in [2.45, 2.75) is 41.2 Å². The zero-order valence-electron chi connectivity index (χ0n) is 13.6. The minimum absolute atomic E-state index is 0.104. The Morgan fingerprint density at radius 3 is 1.92 bits per heavy atom. The fourth-order valence-corrected chi connectivity index (χ4v) is 10.5. The summed E-state index contributed by atoms with van der Waals surface area (Å²) in [6, 6.07) is 0. The number of imidazole rings is 2. The van der Waals surface area contributed by atoms with Crippen LogP contribution in [0.5, 0.6) is 0 Å². The average Bonchev–Trinajstić information content (AvgIpc) is 3.32. The largest absolute Gasteiger partial charge is 0.304 e. The molecule has 0 unspecified atom stereocenters. The monoisotopic (exact) mass is 358 g/mol. The van der Waals surface area contributed by atoms with Gasteiger partial charge >= 0.3 is 0 Å². The van der Waals surface area contributed by atoms with E-state index in [1.807, 2.05) is 25.0 Å². The molecule has 0 radical (unpaired) electrons. The highest BCUT2D eigenvalue weighted by Crippen LogP contribution is 2.72. The molecule has 0 atom stereocenters. The lowest BCUT2D eigenvalue weighted by atomic mass is 9.56. The van der Waals surface area contributed by atoms with Gasteiger partial charge in [-0.05, 0) is 55.8 Å². The van der Waals surface area contributed by atoms with E-state index in [9.17, 15) is 0 Å². The van der Waals surface area contributed by atoms with Gasteiger partial charge in [0, 0.05) is 30.5 Å². The Labute approximate surface area is 150 Å². The fraction of sp³-hybridized carbons (Fsp3) is 0.667. The number of aromatic nitrogens is 4. The van der Waals surface area contributed by atoms with Crippen molar-refractivity contribution in [1.29, 1.82) is 0 Å². The normalized spacial score (nSPS) is 42.2. The van der Waals surface area contributed by atoms with E-state index in [4.69, 9.17) is 0 Å². The van der Waals surface area contributed by atoms with Gasteiger partial charge in [0.25, 0.3) is 0 Å². The average molecular weight is 359 g/mol. The van der Waals surface area contributed by atoms with Crippen LogP contribution in [0.15, 0.2) is 37.4 Å². The number of thioether (sulfide) groups is 2. The van der Waals surface area contributed by atoms with E-state index in [1.165, 1.54) is 32.1 Å². The molecule has 5 aliphatic rings. The summed E-state index contributed by atoms with van der Waals surface area (Å²) in [4.78, 5) is 8.60. The molecule has 0 N–H and O–H groups in total. The van der Waals surface area contributed by atoms with Crippen molar-refractivity contribution in [3.8, 4) is 0 Å². The molecule has 2 aromatic rings. The first-order valence-electron chi connectivity index (χ1n) is 9.09. The van der Waals surface area contributed by atoms with Crippen molar-refractivity contribution in [3.05, 3.63) is 37.4 Å². The predicted molar refractivity (Wildman–Crippen MR) is 97.7 cm³/mol. The second-order valence-corrected chi connectivity index (χ2v) is 11.1. The Balaban J connectivity index is 1.45. The topological polar surface area (TPSA) is 35.6 Å². The molecule has 4 aliphatic carbocycles. The summed E-state index contributed by atoms with van der Waals surface area (Å²) in [7, 11) is 0. The molecule has 3 heterocycles. The maximum atomic E-state index is 4.35. The molecule has 0 aromatic carbocycles. The van der Waals surface area contributed by atoms with E-state index in [0.29, 0.717) is 4.08 Å². The zero-order chi connectivity index (χ0) is 15.8. The fourth-order valence-electron chi connectivity index (χ4n) is 6.08. The Morgan fingerprint density at radius 2 is 1.42 bits per heavy atom. The molecular weight excluding hydrogens is 336 g/mol. The summed E-state index contributed by atoms with van der Waals surface area (Å²) in [6.07, 6.45) is 19.4. The molecule has 7 rings (SSSR count). The number of rotatable bonds is 2. The summed E-state index contributed by atoms with van der Waals surface area (Å²) in [5.74, 6) is 4.95. The summed E-state index contributed by atoms with van der Waals surface area (Å²) in [6.45, 7) is 0. The van der Waals surface area contributed by atoms with Gasteiger partial charge in [-0.25, -0.2) is 9.97 Å². The van der Waals surface area contributed by atoms with Crippen molar-refractivity contribution in [1.82, 2.24) is 19.1 Å². The Morgan fingerprint density at radius 1 is 0.833 bits per heavy atom. The van der Waals surface area contributed by atoms with Crippen LogP contribution in [0.25, 0.3) is 0 Å². The van der Waals surface area contributed by atoms with Gasteiger partial charge in [0.1, 0.15) is 0 Å². The van der Waals surface area contributed by atoms with E-state index in [1.54, 1.807) is 0 Å². The van der Waals surface area contributed by atoms with Crippen LogP contribution in [-0.2, 0) is 4.99 Å². The maximum absolute atomic E-state index is 4.35. The lowest BCUT2D eigenvalue weighted by molar-refractivity contribution is 0.0156. The van der Waals surface area contributed by atoms with Crippen molar-refractivity contribution < 1.29 is 0 Å². The minimum Gasteiger partial charge on any atom is -0.304 e. The van der Waals surface area contributed by atoms with E-state index >= 15 is 0 Å². The second kappa shape index (κ2) is 4.85. The molecule has 1 spiro atoms. The molecule has 24 heavy (non-hydrogen) atoms. The van der Waals surface area contributed by atoms with Crippen LogP contribution in [0.1, 0.15) is 32.1 Å². The van der Waals surface area contributed by atoms with E-state index < -0.39 is 0 Å². The van der Waals surface area contributed by atoms with Crippen molar-refractivity contribution in [2.24, 2.45) is 23.7 Å². The first-order chi connectivity index (χ1) is 11.8. The standard InChI is InChI=1S/C18H22N4S2/c1-3-21(11-19-1)17(22-4-2-20-12-22)10-23-18(24-17)15-6-13-5-14(8-15)9-16(18)7-13/h1-4,11-16H,5-10H2.